The van der Waals surface area contributed by atoms with E-state index in [1.807, 2.05) is 55.5 Å². The van der Waals surface area contributed by atoms with Crippen LogP contribution in [-0.2, 0) is 0 Å². The van der Waals surface area contributed by atoms with E-state index in [0.717, 1.165) is 11.4 Å². The van der Waals surface area contributed by atoms with Crippen molar-refractivity contribution >= 4 is 11.6 Å². The molecular weight excluding hydrogens is 276 g/mol. The first-order valence-corrected chi connectivity index (χ1v) is 6.97. The molecule has 0 bridgehead atoms. The van der Waals surface area contributed by atoms with Gasteiger partial charge in [-0.3, -0.25) is 4.79 Å². The second-order valence-electron chi connectivity index (χ2n) is 4.94. The van der Waals surface area contributed by atoms with E-state index in [0.29, 0.717) is 11.4 Å². The van der Waals surface area contributed by atoms with Gasteiger partial charge in [0.2, 0.25) is 0 Å². The first-order chi connectivity index (χ1) is 10.7. The average molecular weight is 292 g/mol. The van der Waals surface area contributed by atoms with Crippen molar-refractivity contribution in [1.82, 2.24) is 14.8 Å². The fourth-order valence-corrected chi connectivity index (χ4v) is 2.28. The Hall–Kier alpha value is -2.95. The van der Waals surface area contributed by atoms with Crippen molar-refractivity contribution in [3.8, 4) is 5.82 Å². The van der Waals surface area contributed by atoms with Gasteiger partial charge in [-0.25, -0.2) is 9.67 Å². The first kappa shape index (κ1) is 14.0. The lowest BCUT2D eigenvalue weighted by atomic mass is 10.2. The van der Waals surface area contributed by atoms with Crippen molar-refractivity contribution in [2.45, 2.75) is 6.92 Å². The van der Waals surface area contributed by atoms with Crippen molar-refractivity contribution < 1.29 is 4.79 Å². The molecule has 0 atom stereocenters. The van der Waals surface area contributed by atoms with E-state index in [1.165, 1.54) is 0 Å². The third kappa shape index (κ3) is 2.48. The van der Waals surface area contributed by atoms with Crippen molar-refractivity contribution in [3.63, 3.8) is 0 Å². The molecule has 0 N–H and O–H groups in total. The number of aromatic nitrogens is 3. The highest BCUT2D eigenvalue weighted by molar-refractivity contribution is 6.06. The lowest BCUT2D eigenvalue weighted by Gasteiger charge is -2.16. The SMILES string of the molecule is Cc1c(C(=O)N(C)c2ccccc2)cnn1-c1ccccn1. The predicted octanol–water partition coefficient (Wildman–Crippen LogP) is 2.85. The second-order valence-corrected chi connectivity index (χ2v) is 4.94. The molecule has 2 aromatic heterocycles. The number of pyridine rings is 1. The summed E-state index contributed by atoms with van der Waals surface area (Å²) in [6.07, 6.45) is 3.29. The van der Waals surface area contributed by atoms with Crippen LogP contribution >= 0.6 is 0 Å². The number of anilines is 1. The van der Waals surface area contributed by atoms with Gasteiger partial charge in [0.25, 0.3) is 5.91 Å². The summed E-state index contributed by atoms with van der Waals surface area (Å²) >= 11 is 0. The van der Waals surface area contributed by atoms with Gasteiger partial charge < -0.3 is 4.90 Å². The fourth-order valence-electron chi connectivity index (χ4n) is 2.28. The lowest BCUT2D eigenvalue weighted by Crippen LogP contribution is -2.26. The maximum atomic E-state index is 12.7. The lowest BCUT2D eigenvalue weighted by molar-refractivity contribution is 0.0992. The van der Waals surface area contributed by atoms with Crippen molar-refractivity contribution in [1.29, 1.82) is 0 Å². The zero-order chi connectivity index (χ0) is 15.5. The minimum absolute atomic E-state index is 0.0918. The molecule has 3 aromatic rings. The van der Waals surface area contributed by atoms with Crippen LogP contribution in [-0.4, -0.2) is 27.7 Å². The quantitative estimate of drug-likeness (QED) is 0.746. The Kier molecular flexibility index (Phi) is 3.70. The molecule has 5 nitrogen and oxygen atoms in total. The molecule has 1 amide bonds. The second kappa shape index (κ2) is 5.81. The summed E-state index contributed by atoms with van der Waals surface area (Å²) in [4.78, 5) is 18.5. The minimum atomic E-state index is -0.0918. The van der Waals surface area contributed by atoms with E-state index in [4.69, 9.17) is 0 Å². The Balaban J connectivity index is 1.93. The van der Waals surface area contributed by atoms with Gasteiger partial charge in [0.15, 0.2) is 5.82 Å². The van der Waals surface area contributed by atoms with Crippen LogP contribution in [0.4, 0.5) is 5.69 Å². The number of hydrogen-bond donors (Lipinski definition) is 0. The number of hydrogen-bond acceptors (Lipinski definition) is 3. The van der Waals surface area contributed by atoms with Crippen LogP contribution in [0, 0.1) is 6.92 Å². The Morgan fingerprint density at radius 1 is 1.09 bits per heavy atom. The standard InChI is InChI=1S/C17H16N4O/c1-13-15(12-19-21(13)16-10-6-7-11-18-16)17(22)20(2)14-8-4-3-5-9-14/h3-12H,1-2H3. The highest BCUT2D eigenvalue weighted by Crippen LogP contribution is 2.18. The van der Waals surface area contributed by atoms with Crippen molar-refractivity contribution in [2.24, 2.45) is 0 Å². The van der Waals surface area contributed by atoms with Crippen LogP contribution in [0.15, 0.2) is 60.9 Å². The fraction of sp³-hybridized carbons (Fsp3) is 0.118. The first-order valence-electron chi connectivity index (χ1n) is 6.97. The summed E-state index contributed by atoms with van der Waals surface area (Å²) < 4.78 is 1.67. The summed E-state index contributed by atoms with van der Waals surface area (Å²) in [5.41, 5.74) is 2.18. The number of para-hydroxylation sites is 1. The van der Waals surface area contributed by atoms with Crippen LogP contribution in [0.5, 0.6) is 0 Å². The van der Waals surface area contributed by atoms with Crippen LogP contribution in [0.25, 0.3) is 5.82 Å². The molecule has 0 unspecified atom stereocenters. The highest BCUT2D eigenvalue weighted by Gasteiger charge is 2.19. The van der Waals surface area contributed by atoms with Crippen LogP contribution < -0.4 is 4.90 Å². The number of amides is 1. The van der Waals surface area contributed by atoms with Gasteiger partial charge >= 0.3 is 0 Å². The highest BCUT2D eigenvalue weighted by atomic mass is 16.2. The van der Waals surface area contributed by atoms with Gasteiger partial charge in [0.1, 0.15) is 0 Å². The molecule has 110 valence electrons. The minimum Gasteiger partial charge on any atom is -0.311 e. The third-order valence-corrected chi connectivity index (χ3v) is 3.55. The van der Waals surface area contributed by atoms with Gasteiger partial charge in [-0.1, -0.05) is 24.3 Å². The Bertz CT molecular complexity index is 781. The molecule has 0 aliphatic carbocycles. The van der Waals surface area contributed by atoms with Crippen LogP contribution in [0.2, 0.25) is 0 Å². The van der Waals surface area contributed by atoms with Crippen molar-refractivity contribution in [3.05, 3.63) is 72.2 Å². The maximum Gasteiger partial charge on any atom is 0.261 e. The van der Waals surface area contributed by atoms with Gasteiger partial charge in [-0.2, -0.15) is 5.10 Å². The van der Waals surface area contributed by atoms with E-state index < -0.39 is 0 Å². The molecule has 0 fully saturated rings. The van der Waals surface area contributed by atoms with Gasteiger partial charge in [-0.05, 0) is 31.2 Å². The van der Waals surface area contributed by atoms with E-state index in [9.17, 15) is 4.79 Å². The van der Waals surface area contributed by atoms with Crippen LogP contribution in [0.3, 0.4) is 0 Å². The molecule has 0 saturated carbocycles. The topological polar surface area (TPSA) is 51.0 Å². The molecule has 1 aromatic carbocycles. The number of nitrogens with zero attached hydrogens (tertiary/aromatic N) is 4. The zero-order valence-corrected chi connectivity index (χ0v) is 12.5. The normalized spacial score (nSPS) is 10.5. The molecule has 0 aliphatic heterocycles. The number of carbonyl (C=O) groups excluding carboxylic acids is 1. The van der Waals surface area contributed by atoms with Gasteiger partial charge in [0, 0.05) is 18.9 Å². The summed E-state index contributed by atoms with van der Waals surface area (Å²) in [7, 11) is 1.76. The molecule has 0 spiro atoms. The molecule has 0 radical (unpaired) electrons. The molecule has 3 rings (SSSR count). The van der Waals surface area contributed by atoms with Crippen LogP contribution in [0.1, 0.15) is 16.1 Å². The molecule has 22 heavy (non-hydrogen) atoms. The number of benzene rings is 1. The third-order valence-electron chi connectivity index (χ3n) is 3.55. The van der Waals surface area contributed by atoms with E-state index in [-0.39, 0.29) is 5.91 Å². The molecular formula is C17H16N4O. The average Bonchev–Trinajstić information content (AvgIpc) is 2.96. The Morgan fingerprint density at radius 3 is 2.50 bits per heavy atom. The largest absolute Gasteiger partial charge is 0.311 e. The maximum absolute atomic E-state index is 12.7. The molecule has 5 heteroatoms. The summed E-state index contributed by atoms with van der Waals surface area (Å²) in [6.45, 7) is 1.87. The summed E-state index contributed by atoms with van der Waals surface area (Å²) in [5.74, 6) is 0.604. The molecule has 0 saturated heterocycles. The van der Waals surface area contributed by atoms with E-state index in [1.54, 1.807) is 29.0 Å². The Morgan fingerprint density at radius 2 is 1.82 bits per heavy atom. The predicted molar refractivity (Wildman–Crippen MR) is 85.3 cm³/mol. The molecule has 0 aliphatic rings. The van der Waals surface area contributed by atoms with Gasteiger partial charge in [-0.15, -0.1) is 0 Å². The summed E-state index contributed by atoms with van der Waals surface area (Å²) in [6, 6.07) is 15.1. The summed E-state index contributed by atoms with van der Waals surface area (Å²) in [5, 5.41) is 4.29. The van der Waals surface area contributed by atoms with E-state index >= 15 is 0 Å². The molecule has 2 heterocycles. The van der Waals surface area contributed by atoms with Crippen molar-refractivity contribution in [2.75, 3.05) is 11.9 Å². The smallest absolute Gasteiger partial charge is 0.261 e. The number of rotatable bonds is 3. The van der Waals surface area contributed by atoms with Gasteiger partial charge in [0.05, 0.1) is 17.5 Å². The Labute approximate surface area is 128 Å². The zero-order valence-electron chi connectivity index (χ0n) is 12.5. The van der Waals surface area contributed by atoms with E-state index in [2.05, 4.69) is 10.1 Å². The number of carbonyl (C=O) groups is 1. The monoisotopic (exact) mass is 292 g/mol.